The van der Waals surface area contributed by atoms with Gasteiger partial charge in [-0.1, -0.05) is 44.2 Å². The Hall–Kier alpha value is -1.28. The molecule has 0 saturated heterocycles. The van der Waals surface area contributed by atoms with Gasteiger partial charge < -0.3 is 10.1 Å². The molecule has 0 amide bonds. The van der Waals surface area contributed by atoms with Crippen molar-refractivity contribution in [3.05, 3.63) is 35.9 Å². The summed E-state index contributed by atoms with van der Waals surface area (Å²) in [6, 6.07) is 8.16. The molecule has 0 aliphatic heterocycles. The van der Waals surface area contributed by atoms with E-state index in [9.17, 15) is 0 Å². The van der Waals surface area contributed by atoms with E-state index in [4.69, 9.17) is 4.74 Å². The number of benzene rings is 1. The number of rotatable bonds is 8. The number of para-hydroxylation sites is 1. The van der Waals surface area contributed by atoms with Crippen molar-refractivity contribution in [3.8, 4) is 5.75 Å². The summed E-state index contributed by atoms with van der Waals surface area (Å²) in [6.07, 6.45) is 5.50. The normalized spacial score (nSPS) is 13.1. The number of ether oxygens (including phenoxy) is 1. The van der Waals surface area contributed by atoms with E-state index in [1.165, 1.54) is 6.42 Å². The van der Waals surface area contributed by atoms with Gasteiger partial charge in [-0.05, 0) is 38.8 Å². The van der Waals surface area contributed by atoms with Gasteiger partial charge in [0.25, 0.3) is 0 Å². The first kappa shape index (κ1) is 15.8. The van der Waals surface area contributed by atoms with E-state index in [0.29, 0.717) is 0 Å². The van der Waals surface area contributed by atoms with Crippen molar-refractivity contribution in [2.45, 2.75) is 40.2 Å². The molecule has 1 aromatic carbocycles. The third-order valence-electron chi connectivity index (χ3n) is 2.92. The average Bonchev–Trinajstić information content (AvgIpc) is 2.37. The largest absolute Gasteiger partial charge is 0.489 e. The van der Waals surface area contributed by atoms with Gasteiger partial charge in [-0.2, -0.15) is 0 Å². The molecule has 1 aromatic rings. The van der Waals surface area contributed by atoms with Gasteiger partial charge in [-0.15, -0.1) is 0 Å². The van der Waals surface area contributed by atoms with Crippen LogP contribution in [0.3, 0.4) is 0 Å². The molecule has 0 saturated carbocycles. The molecule has 19 heavy (non-hydrogen) atoms. The second kappa shape index (κ2) is 8.76. The lowest BCUT2D eigenvalue weighted by Crippen LogP contribution is -2.30. The molecular weight excluding hydrogens is 234 g/mol. The molecule has 1 N–H and O–H groups in total. The molecular formula is C17H27NO. The first-order valence-electron chi connectivity index (χ1n) is 7.22. The Kier molecular flexibility index (Phi) is 7.27. The minimum Gasteiger partial charge on any atom is -0.489 e. The molecule has 1 unspecified atom stereocenters. The fraction of sp³-hybridized carbons (Fsp3) is 0.529. The van der Waals surface area contributed by atoms with Gasteiger partial charge in [0.05, 0.1) is 0 Å². The Bertz CT molecular complexity index is 385. The summed E-state index contributed by atoms with van der Waals surface area (Å²) in [7, 11) is 0. The third-order valence-corrected chi connectivity index (χ3v) is 2.92. The lowest BCUT2D eigenvalue weighted by molar-refractivity contribution is 0.216. The molecule has 0 aromatic heterocycles. The van der Waals surface area contributed by atoms with Gasteiger partial charge in [-0.3, -0.25) is 0 Å². The van der Waals surface area contributed by atoms with Crippen molar-refractivity contribution in [1.29, 1.82) is 0 Å². The zero-order valence-electron chi connectivity index (χ0n) is 12.6. The Labute approximate surface area is 117 Å². The van der Waals surface area contributed by atoms with Crippen LogP contribution in [0.25, 0.3) is 6.08 Å². The maximum atomic E-state index is 5.99. The lowest BCUT2D eigenvalue weighted by Gasteiger charge is -2.17. The van der Waals surface area contributed by atoms with Crippen LogP contribution >= 0.6 is 0 Å². The third kappa shape index (κ3) is 6.44. The smallest absolute Gasteiger partial charge is 0.126 e. The van der Waals surface area contributed by atoms with Crippen molar-refractivity contribution in [1.82, 2.24) is 5.32 Å². The second-order valence-corrected chi connectivity index (χ2v) is 5.35. The molecule has 1 rings (SSSR count). The molecule has 0 fully saturated rings. The van der Waals surface area contributed by atoms with Crippen LogP contribution < -0.4 is 10.1 Å². The molecule has 0 bridgehead atoms. The highest BCUT2D eigenvalue weighted by molar-refractivity contribution is 5.56. The van der Waals surface area contributed by atoms with Crippen LogP contribution in [0.1, 0.15) is 39.7 Å². The highest BCUT2D eigenvalue weighted by Gasteiger charge is 2.06. The van der Waals surface area contributed by atoms with Gasteiger partial charge in [0.2, 0.25) is 0 Å². The maximum absolute atomic E-state index is 5.99. The van der Waals surface area contributed by atoms with E-state index in [-0.39, 0.29) is 6.10 Å². The highest BCUT2D eigenvalue weighted by atomic mass is 16.5. The minimum atomic E-state index is 0.179. The van der Waals surface area contributed by atoms with Gasteiger partial charge in [0.15, 0.2) is 0 Å². The number of nitrogens with one attached hydrogen (secondary N) is 1. The van der Waals surface area contributed by atoms with Crippen LogP contribution in [0, 0.1) is 5.92 Å². The zero-order chi connectivity index (χ0) is 14.1. The predicted molar refractivity (Wildman–Crippen MR) is 83.6 cm³/mol. The van der Waals surface area contributed by atoms with Crippen molar-refractivity contribution >= 4 is 6.08 Å². The second-order valence-electron chi connectivity index (χ2n) is 5.35. The van der Waals surface area contributed by atoms with E-state index in [1.54, 1.807) is 0 Å². The summed E-state index contributed by atoms with van der Waals surface area (Å²) in [6.45, 7) is 10.6. The molecule has 0 aliphatic carbocycles. The minimum absolute atomic E-state index is 0.179. The predicted octanol–water partition coefficient (Wildman–Crippen LogP) is 4.12. The zero-order valence-corrected chi connectivity index (χ0v) is 12.6. The van der Waals surface area contributed by atoms with E-state index < -0.39 is 0 Å². The van der Waals surface area contributed by atoms with Crippen LogP contribution in [0.2, 0.25) is 0 Å². The monoisotopic (exact) mass is 261 g/mol. The molecule has 0 heterocycles. The fourth-order valence-corrected chi connectivity index (χ4v) is 1.86. The van der Waals surface area contributed by atoms with Crippen molar-refractivity contribution < 1.29 is 4.74 Å². The Balaban J connectivity index is 2.41. The molecule has 106 valence electrons. The van der Waals surface area contributed by atoms with Gasteiger partial charge in [0.1, 0.15) is 11.9 Å². The van der Waals surface area contributed by atoms with Gasteiger partial charge in [-0.25, -0.2) is 0 Å². The summed E-state index contributed by atoms with van der Waals surface area (Å²) in [5.41, 5.74) is 1.14. The van der Waals surface area contributed by atoms with Crippen LogP contribution in [0.5, 0.6) is 5.75 Å². The summed E-state index contributed by atoms with van der Waals surface area (Å²) >= 11 is 0. The number of allylic oxidation sites excluding steroid dienone is 1. The van der Waals surface area contributed by atoms with Crippen LogP contribution in [0.4, 0.5) is 0 Å². The van der Waals surface area contributed by atoms with E-state index in [1.807, 2.05) is 31.2 Å². The van der Waals surface area contributed by atoms with E-state index in [0.717, 1.165) is 30.3 Å². The molecule has 2 nitrogen and oxygen atoms in total. The average molecular weight is 261 g/mol. The lowest BCUT2D eigenvalue weighted by atomic mass is 10.1. The van der Waals surface area contributed by atoms with Gasteiger partial charge >= 0.3 is 0 Å². The van der Waals surface area contributed by atoms with Crippen LogP contribution in [-0.4, -0.2) is 19.2 Å². The van der Waals surface area contributed by atoms with E-state index in [2.05, 4.69) is 38.2 Å². The summed E-state index contributed by atoms with van der Waals surface area (Å²) in [5.74, 6) is 1.71. The fourth-order valence-electron chi connectivity index (χ4n) is 1.86. The Morgan fingerprint density at radius 3 is 2.63 bits per heavy atom. The number of hydrogen-bond donors (Lipinski definition) is 1. The molecule has 0 aliphatic rings. The summed E-state index contributed by atoms with van der Waals surface area (Å²) in [4.78, 5) is 0. The Morgan fingerprint density at radius 2 is 1.95 bits per heavy atom. The highest BCUT2D eigenvalue weighted by Crippen LogP contribution is 2.20. The molecule has 2 heteroatoms. The van der Waals surface area contributed by atoms with Crippen molar-refractivity contribution in [3.63, 3.8) is 0 Å². The molecule has 0 spiro atoms. The van der Waals surface area contributed by atoms with Gasteiger partial charge in [0, 0.05) is 12.1 Å². The first-order chi connectivity index (χ1) is 9.13. The number of hydrogen-bond acceptors (Lipinski definition) is 2. The molecule has 1 atom stereocenters. The standard InChI is InChI=1S/C17H27NO/c1-5-8-16-9-6-7-10-17(16)19-15(4)13-18-12-11-14(2)3/h5-10,14-15,18H,11-13H2,1-4H3/b8-5+. The van der Waals surface area contributed by atoms with Crippen LogP contribution in [-0.2, 0) is 0 Å². The Morgan fingerprint density at radius 1 is 1.21 bits per heavy atom. The summed E-state index contributed by atoms with van der Waals surface area (Å²) < 4.78 is 5.99. The first-order valence-corrected chi connectivity index (χ1v) is 7.22. The summed E-state index contributed by atoms with van der Waals surface area (Å²) in [5, 5.41) is 3.45. The SMILES string of the molecule is C/C=C/c1ccccc1OC(C)CNCCC(C)C. The quantitative estimate of drug-likeness (QED) is 0.711. The molecule has 0 radical (unpaired) electrons. The topological polar surface area (TPSA) is 21.3 Å². The van der Waals surface area contributed by atoms with Crippen LogP contribution in [0.15, 0.2) is 30.3 Å². The van der Waals surface area contributed by atoms with Crippen molar-refractivity contribution in [2.75, 3.05) is 13.1 Å². The van der Waals surface area contributed by atoms with Crippen molar-refractivity contribution in [2.24, 2.45) is 5.92 Å². The maximum Gasteiger partial charge on any atom is 0.126 e. The van der Waals surface area contributed by atoms with E-state index >= 15 is 0 Å².